The number of benzene rings is 2. The summed E-state index contributed by atoms with van der Waals surface area (Å²) in [5.41, 5.74) is 4.77. The molecule has 0 aliphatic carbocycles. The molecule has 4 heteroatoms. The predicted octanol–water partition coefficient (Wildman–Crippen LogP) is 4.66. The molecule has 0 spiro atoms. The molecule has 4 aromatic rings. The molecule has 4 rings (SSSR count). The lowest BCUT2D eigenvalue weighted by molar-refractivity contribution is 0.174. The summed E-state index contributed by atoms with van der Waals surface area (Å²) in [4.78, 5) is 9.46. The molecule has 0 amide bonds. The molecule has 2 heterocycles. The summed E-state index contributed by atoms with van der Waals surface area (Å²) in [6, 6.07) is 26.1. The van der Waals surface area contributed by atoms with Crippen molar-refractivity contribution in [3.05, 3.63) is 85.1 Å². The molecule has 4 nitrogen and oxygen atoms in total. The van der Waals surface area contributed by atoms with Gasteiger partial charge in [-0.05, 0) is 19.1 Å². The average molecular weight is 355 g/mol. The van der Waals surface area contributed by atoms with E-state index in [1.807, 2.05) is 54.6 Å². The summed E-state index contributed by atoms with van der Waals surface area (Å²) < 4.78 is 2.07. The standard InChI is InChI=1S/C23H21N3O/c1-17(27)16-26-22(19-12-6-3-7-13-19)21(18-10-4-2-5-11-18)25-23(26)20-14-8-9-15-24-20/h2-15,17,27H,16H2,1H3. The van der Waals surface area contributed by atoms with Crippen LogP contribution < -0.4 is 0 Å². The summed E-state index contributed by atoms with van der Waals surface area (Å²) in [5, 5.41) is 10.2. The maximum absolute atomic E-state index is 10.2. The Labute approximate surface area is 158 Å². The van der Waals surface area contributed by atoms with Gasteiger partial charge >= 0.3 is 0 Å². The van der Waals surface area contributed by atoms with E-state index in [0.29, 0.717) is 6.54 Å². The minimum absolute atomic E-state index is 0.440. The number of rotatable bonds is 5. The second-order valence-corrected chi connectivity index (χ2v) is 6.54. The van der Waals surface area contributed by atoms with Crippen molar-refractivity contribution in [2.75, 3.05) is 0 Å². The van der Waals surface area contributed by atoms with Crippen LogP contribution in [0.5, 0.6) is 0 Å². The number of nitrogens with zero attached hydrogens (tertiary/aromatic N) is 3. The van der Waals surface area contributed by atoms with Gasteiger partial charge in [0, 0.05) is 17.3 Å². The number of hydrogen-bond acceptors (Lipinski definition) is 3. The summed E-state index contributed by atoms with van der Waals surface area (Å²) in [7, 11) is 0. The van der Waals surface area contributed by atoms with Crippen molar-refractivity contribution in [3.8, 4) is 34.0 Å². The van der Waals surface area contributed by atoms with Gasteiger partial charge in [-0.25, -0.2) is 4.98 Å². The molecule has 27 heavy (non-hydrogen) atoms. The van der Waals surface area contributed by atoms with Gasteiger partial charge in [0.1, 0.15) is 5.69 Å². The van der Waals surface area contributed by atoms with Crippen LogP contribution in [-0.4, -0.2) is 25.7 Å². The lowest BCUT2D eigenvalue weighted by Gasteiger charge is -2.14. The summed E-state index contributed by atoms with van der Waals surface area (Å²) >= 11 is 0. The normalized spacial score (nSPS) is 12.1. The Morgan fingerprint density at radius 2 is 1.48 bits per heavy atom. The Morgan fingerprint density at radius 1 is 0.852 bits per heavy atom. The lowest BCUT2D eigenvalue weighted by atomic mass is 10.0. The molecular formula is C23H21N3O. The van der Waals surface area contributed by atoms with Crippen LogP contribution in [0.2, 0.25) is 0 Å². The average Bonchev–Trinajstić information content (AvgIpc) is 3.08. The molecule has 1 atom stereocenters. The highest BCUT2D eigenvalue weighted by Gasteiger charge is 2.22. The molecule has 0 saturated carbocycles. The third kappa shape index (κ3) is 3.52. The van der Waals surface area contributed by atoms with Crippen LogP contribution in [0.4, 0.5) is 0 Å². The van der Waals surface area contributed by atoms with Gasteiger partial charge in [0.15, 0.2) is 5.82 Å². The Hall–Kier alpha value is -3.24. The summed E-state index contributed by atoms with van der Waals surface area (Å²) in [6.45, 7) is 2.23. The van der Waals surface area contributed by atoms with E-state index in [1.54, 1.807) is 13.1 Å². The largest absolute Gasteiger partial charge is 0.392 e. The van der Waals surface area contributed by atoms with Crippen LogP contribution >= 0.6 is 0 Å². The molecule has 0 aliphatic rings. The van der Waals surface area contributed by atoms with Gasteiger partial charge in [0.25, 0.3) is 0 Å². The van der Waals surface area contributed by atoms with Crippen molar-refractivity contribution < 1.29 is 5.11 Å². The van der Waals surface area contributed by atoms with Crippen LogP contribution in [0.25, 0.3) is 34.0 Å². The van der Waals surface area contributed by atoms with Crippen LogP contribution in [0.1, 0.15) is 6.92 Å². The Morgan fingerprint density at radius 3 is 2.07 bits per heavy atom. The van der Waals surface area contributed by atoms with Gasteiger partial charge in [-0.2, -0.15) is 0 Å². The van der Waals surface area contributed by atoms with Gasteiger partial charge in [0.05, 0.1) is 24.0 Å². The SMILES string of the molecule is CC(O)Cn1c(-c2ccccn2)nc(-c2ccccc2)c1-c1ccccc1. The van der Waals surface area contributed by atoms with E-state index in [1.165, 1.54) is 0 Å². The van der Waals surface area contributed by atoms with E-state index in [9.17, 15) is 5.11 Å². The van der Waals surface area contributed by atoms with Gasteiger partial charge in [-0.15, -0.1) is 0 Å². The van der Waals surface area contributed by atoms with Crippen LogP contribution in [-0.2, 0) is 6.54 Å². The molecule has 0 aliphatic heterocycles. The van der Waals surface area contributed by atoms with Gasteiger partial charge < -0.3 is 9.67 Å². The van der Waals surface area contributed by atoms with Gasteiger partial charge in [-0.3, -0.25) is 4.98 Å². The molecule has 0 saturated heterocycles. The Balaban J connectivity index is 2.02. The van der Waals surface area contributed by atoms with Crippen LogP contribution in [0, 0.1) is 0 Å². The van der Waals surface area contributed by atoms with E-state index >= 15 is 0 Å². The van der Waals surface area contributed by atoms with E-state index in [2.05, 4.69) is 33.8 Å². The summed E-state index contributed by atoms with van der Waals surface area (Å²) in [6.07, 6.45) is 1.26. The number of pyridine rings is 1. The number of aliphatic hydroxyl groups is 1. The zero-order valence-electron chi connectivity index (χ0n) is 15.2. The molecule has 0 bridgehead atoms. The molecule has 0 fully saturated rings. The van der Waals surface area contributed by atoms with Crippen molar-refractivity contribution in [3.63, 3.8) is 0 Å². The Bertz CT molecular complexity index is 1010. The number of aromatic nitrogens is 3. The third-order valence-corrected chi connectivity index (χ3v) is 4.40. The molecule has 0 radical (unpaired) electrons. The first-order chi connectivity index (χ1) is 13.2. The topological polar surface area (TPSA) is 50.9 Å². The first-order valence-electron chi connectivity index (χ1n) is 9.05. The fraction of sp³-hybridized carbons (Fsp3) is 0.130. The van der Waals surface area contributed by atoms with E-state index < -0.39 is 6.10 Å². The fourth-order valence-corrected chi connectivity index (χ4v) is 3.27. The number of imidazole rings is 1. The van der Waals surface area contributed by atoms with Crippen molar-refractivity contribution in [1.29, 1.82) is 0 Å². The van der Waals surface area contributed by atoms with Crippen LogP contribution in [0.3, 0.4) is 0 Å². The quantitative estimate of drug-likeness (QED) is 0.566. The highest BCUT2D eigenvalue weighted by molar-refractivity contribution is 5.81. The fourth-order valence-electron chi connectivity index (χ4n) is 3.27. The van der Waals surface area contributed by atoms with Crippen molar-refractivity contribution >= 4 is 0 Å². The second kappa shape index (κ2) is 7.56. The predicted molar refractivity (Wildman–Crippen MR) is 108 cm³/mol. The number of hydrogen-bond donors (Lipinski definition) is 1. The zero-order chi connectivity index (χ0) is 18.6. The zero-order valence-corrected chi connectivity index (χ0v) is 15.2. The van der Waals surface area contributed by atoms with E-state index in [0.717, 1.165) is 34.0 Å². The van der Waals surface area contributed by atoms with Crippen LogP contribution in [0.15, 0.2) is 85.1 Å². The first kappa shape index (κ1) is 17.2. The lowest BCUT2D eigenvalue weighted by Crippen LogP contribution is -2.14. The molecular weight excluding hydrogens is 334 g/mol. The summed E-state index contributed by atoms with van der Waals surface area (Å²) in [5.74, 6) is 0.759. The molecule has 1 N–H and O–H groups in total. The second-order valence-electron chi connectivity index (χ2n) is 6.54. The first-order valence-corrected chi connectivity index (χ1v) is 9.05. The van der Waals surface area contributed by atoms with Crippen molar-refractivity contribution in [2.24, 2.45) is 0 Å². The molecule has 2 aromatic heterocycles. The van der Waals surface area contributed by atoms with Gasteiger partial charge in [0.2, 0.25) is 0 Å². The maximum Gasteiger partial charge on any atom is 0.159 e. The van der Waals surface area contributed by atoms with Crippen molar-refractivity contribution in [2.45, 2.75) is 19.6 Å². The highest BCUT2D eigenvalue weighted by atomic mass is 16.3. The highest BCUT2D eigenvalue weighted by Crippen LogP contribution is 2.35. The maximum atomic E-state index is 10.2. The van der Waals surface area contributed by atoms with E-state index in [4.69, 9.17) is 4.98 Å². The smallest absolute Gasteiger partial charge is 0.159 e. The van der Waals surface area contributed by atoms with Gasteiger partial charge in [-0.1, -0.05) is 66.7 Å². The van der Waals surface area contributed by atoms with Crippen molar-refractivity contribution in [1.82, 2.24) is 14.5 Å². The third-order valence-electron chi connectivity index (χ3n) is 4.40. The molecule has 2 aromatic carbocycles. The number of aliphatic hydroxyl groups excluding tert-OH is 1. The minimum Gasteiger partial charge on any atom is -0.392 e. The monoisotopic (exact) mass is 355 g/mol. The molecule has 1 unspecified atom stereocenters. The minimum atomic E-state index is -0.507. The Kier molecular flexibility index (Phi) is 4.81. The molecule has 134 valence electrons. The van der Waals surface area contributed by atoms with E-state index in [-0.39, 0.29) is 0 Å².